The van der Waals surface area contributed by atoms with E-state index in [4.69, 9.17) is 17.3 Å². The molecule has 3 rings (SSSR count). The number of aromatic amines is 1. The number of halogens is 2. The van der Waals surface area contributed by atoms with Crippen molar-refractivity contribution in [3.63, 3.8) is 0 Å². The van der Waals surface area contributed by atoms with E-state index in [0.29, 0.717) is 47.9 Å². The molecule has 142 valence electrons. The Bertz CT molecular complexity index is 826. The maximum absolute atomic E-state index is 12.2. The van der Waals surface area contributed by atoms with Crippen molar-refractivity contribution < 1.29 is 4.79 Å². The number of hydrogen-bond donors (Lipinski definition) is 3. The van der Waals surface area contributed by atoms with Gasteiger partial charge in [0.25, 0.3) is 5.56 Å². The number of likely N-dealkylation sites (tertiary alicyclic amines) is 1. The maximum atomic E-state index is 12.2. The lowest BCUT2D eigenvalue weighted by Crippen LogP contribution is -2.44. The van der Waals surface area contributed by atoms with E-state index in [1.807, 2.05) is 0 Å². The van der Waals surface area contributed by atoms with E-state index in [0.717, 1.165) is 19.4 Å². The van der Waals surface area contributed by atoms with Gasteiger partial charge in [-0.1, -0.05) is 11.6 Å². The first-order chi connectivity index (χ1) is 12.1. The molecule has 0 aliphatic carbocycles. The van der Waals surface area contributed by atoms with E-state index in [9.17, 15) is 9.59 Å². The van der Waals surface area contributed by atoms with Crippen LogP contribution in [0.15, 0.2) is 23.0 Å². The summed E-state index contributed by atoms with van der Waals surface area (Å²) < 4.78 is 0. The molecular formula is C17H23Cl2N5O2. The summed E-state index contributed by atoms with van der Waals surface area (Å²) in [6, 6.07) is 5.08. The van der Waals surface area contributed by atoms with Gasteiger partial charge in [0, 0.05) is 24.7 Å². The standard InChI is InChI=1S/C17H22ClN5O2.ClH/c18-12-3-4-14-13(8-12)17(25)22-15(21-14)10-23-7-1-2-11(9-23)16(24)20-6-5-19;/h3-4,8,11H,1-2,5-7,9-10,19H2,(H,20,24)(H,21,22,25);1H. The summed E-state index contributed by atoms with van der Waals surface area (Å²) in [5.74, 6) is 0.596. The molecule has 26 heavy (non-hydrogen) atoms. The number of aromatic nitrogens is 2. The number of fused-ring (bicyclic) bond motifs is 1. The van der Waals surface area contributed by atoms with Crippen LogP contribution in [0.5, 0.6) is 0 Å². The molecule has 1 aliphatic heterocycles. The summed E-state index contributed by atoms with van der Waals surface area (Å²) in [6.45, 7) is 2.97. The Labute approximate surface area is 162 Å². The fourth-order valence-electron chi connectivity index (χ4n) is 3.20. The minimum atomic E-state index is -0.197. The number of nitrogens with two attached hydrogens (primary N) is 1. The highest BCUT2D eigenvalue weighted by molar-refractivity contribution is 6.31. The van der Waals surface area contributed by atoms with Crippen LogP contribution in [-0.2, 0) is 11.3 Å². The zero-order valence-electron chi connectivity index (χ0n) is 14.3. The van der Waals surface area contributed by atoms with Crippen molar-refractivity contribution in [1.82, 2.24) is 20.2 Å². The summed E-state index contributed by atoms with van der Waals surface area (Å²) in [6.07, 6.45) is 1.81. The summed E-state index contributed by atoms with van der Waals surface area (Å²) in [5.41, 5.74) is 5.85. The lowest BCUT2D eigenvalue weighted by atomic mass is 9.97. The van der Waals surface area contributed by atoms with Crippen LogP contribution in [0.1, 0.15) is 18.7 Å². The van der Waals surface area contributed by atoms with Crippen molar-refractivity contribution >= 4 is 40.8 Å². The first-order valence-electron chi connectivity index (χ1n) is 8.45. The highest BCUT2D eigenvalue weighted by atomic mass is 35.5. The van der Waals surface area contributed by atoms with Gasteiger partial charge in [0.05, 0.1) is 23.4 Å². The van der Waals surface area contributed by atoms with Crippen LogP contribution in [0.3, 0.4) is 0 Å². The van der Waals surface area contributed by atoms with E-state index in [1.54, 1.807) is 18.2 Å². The van der Waals surface area contributed by atoms with Crippen molar-refractivity contribution in [3.05, 3.63) is 39.4 Å². The molecule has 2 aromatic rings. The first-order valence-corrected chi connectivity index (χ1v) is 8.83. The SMILES string of the molecule is Cl.NCCNC(=O)C1CCCN(Cc2nc3ccc(Cl)cc3c(=O)[nH]2)C1. The average Bonchev–Trinajstić information content (AvgIpc) is 2.60. The Morgan fingerprint density at radius 1 is 1.46 bits per heavy atom. The van der Waals surface area contributed by atoms with Crippen molar-refractivity contribution in [2.75, 3.05) is 26.2 Å². The number of benzene rings is 1. The fraction of sp³-hybridized carbons (Fsp3) is 0.471. The van der Waals surface area contributed by atoms with Crippen LogP contribution in [0, 0.1) is 5.92 Å². The van der Waals surface area contributed by atoms with Crippen molar-refractivity contribution in [2.45, 2.75) is 19.4 Å². The van der Waals surface area contributed by atoms with E-state index < -0.39 is 0 Å². The molecule has 1 amide bonds. The number of nitrogens with zero attached hydrogens (tertiary/aromatic N) is 2. The third-order valence-corrected chi connectivity index (χ3v) is 4.64. The first kappa shape index (κ1) is 20.6. The quantitative estimate of drug-likeness (QED) is 0.702. The zero-order valence-corrected chi connectivity index (χ0v) is 15.9. The molecule has 2 heterocycles. The summed E-state index contributed by atoms with van der Waals surface area (Å²) >= 11 is 5.93. The number of hydrogen-bond acceptors (Lipinski definition) is 5. The van der Waals surface area contributed by atoms with Crippen LogP contribution in [-0.4, -0.2) is 47.0 Å². The third-order valence-electron chi connectivity index (χ3n) is 4.41. The topological polar surface area (TPSA) is 104 Å². The fourth-order valence-corrected chi connectivity index (χ4v) is 3.37. The van der Waals surface area contributed by atoms with Gasteiger partial charge in [-0.2, -0.15) is 0 Å². The summed E-state index contributed by atoms with van der Waals surface area (Å²) in [7, 11) is 0. The minimum absolute atomic E-state index is 0. The second-order valence-electron chi connectivity index (χ2n) is 6.33. The monoisotopic (exact) mass is 399 g/mol. The largest absolute Gasteiger partial charge is 0.355 e. The lowest BCUT2D eigenvalue weighted by Gasteiger charge is -2.31. The number of nitrogens with one attached hydrogen (secondary N) is 2. The molecular weight excluding hydrogens is 377 g/mol. The van der Waals surface area contributed by atoms with Crippen LogP contribution in [0.2, 0.25) is 5.02 Å². The van der Waals surface area contributed by atoms with Crippen LogP contribution in [0.25, 0.3) is 10.9 Å². The van der Waals surface area contributed by atoms with Crippen molar-refractivity contribution in [3.8, 4) is 0 Å². The van der Waals surface area contributed by atoms with Crippen molar-refractivity contribution in [1.29, 1.82) is 0 Å². The molecule has 4 N–H and O–H groups in total. The Hall–Kier alpha value is -1.67. The van der Waals surface area contributed by atoms with E-state index >= 15 is 0 Å². The number of rotatable bonds is 5. The molecule has 0 radical (unpaired) electrons. The molecule has 0 saturated carbocycles. The van der Waals surface area contributed by atoms with E-state index in [2.05, 4.69) is 20.2 Å². The molecule has 1 fully saturated rings. The summed E-state index contributed by atoms with van der Waals surface area (Å²) in [4.78, 5) is 33.9. The molecule has 7 nitrogen and oxygen atoms in total. The van der Waals surface area contributed by atoms with Gasteiger partial charge in [-0.25, -0.2) is 4.98 Å². The molecule has 1 unspecified atom stereocenters. The maximum Gasteiger partial charge on any atom is 0.258 e. The predicted molar refractivity (Wildman–Crippen MR) is 105 cm³/mol. The molecule has 1 saturated heterocycles. The number of H-pyrrole nitrogens is 1. The van der Waals surface area contributed by atoms with Gasteiger partial charge in [0.15, 0.2) is 0 Å². The average molecular weight is 400 g/mol. The number of carbonyl (C=O) groups excluding carboxylic acids is 1. The third kappa shape index (κ3) is 4.94. The number of amides is 1. The Kier molecular flexibility index (Phi) is 7.40. The van der Waals surface area contributed by atoms with E-state index in [1.165, 1.54) is 0 Å². The van der Waals surface area contributed by atoms with E-state index in [-0.39, 0.29) is 29.8 Å². The molecule has 1 atom stereocenters. The highest BCUT2D eigenvalue weighted by Gasteiger charge is 2.26. The van der Waals surface area contributed by atoms with Gasteiger partial charge in [0.1, 0.15) is 5.82 Å². The number of carbonyl (C=O) groups is 1. The number of piperidine rings is 1. The Morgan fingerprint density at radius 2 is 2.27 bits per heavy atom. The van der Waals surface area contributed by atoms with Crippen LogP contribution < -0.4 is 16.6 Å². The normalized spacial score (nSPS) is 17.7. The predicted octanol–water partition coefficient (Wildman–Crippen LogP) is 1.29. The highest BCUT2D eigenvalue weighted by Crippen LogP contribution is 2.19. The molecule has 0 spiro atoms. The minimum Gasteiger partial charge on any atom is -0.355 e. The summed E-state index contributed by atoms with van der Waals surface area (Å²) in [5, 5.41) is 3.84. The molecule has 1 aromatic carbocycles. The molecule has 1 aliphatic rings. The Morgan fingerprint density at radius 3 is 3.04 bits per heavy atom. The smallest absolute Gasteiger partial charge is 0.258 e. The van der Waals surface area contributed by atoms with Crippen LogP contribution in [0.4, 0.5) is 0 Å². The Balaban J connectivity index is 0.00000243. The van der Waals surface area contributed by atoms with Gasteiger partial charge < -0.3 is 16.0 Å². The molecule has 0 bridgehead atoms. The van der Waals surface area contributed by atoms with Gasteiger partial charge in [-0.05, 0) is 37.6 Å². The zero-order chi connectivity index (χ0) is 17.8. The second-order valence-corrected chi connectivity index (χ2v) is 6.76. The van der Waals surface area contributed by atoms with Gasteiger partial charge in [0.2, 0.25) is 5.91 Å². The molecule has 1 aromatic heterocycles. The van der Waals surface area contributed by atoms with Crippen LogP contribution >= 0.6 is 24.0 Å². The van der Waals surface area contributed by atoms with Crippen molar-refractivity contribution in [2.24, 2.45) is 11.7 Å². The van der Waals surface area contributed by atoms with Gasteiger partial charge in [-0.3, -0.25) is 14.5 Å². The van der Waals surface area contributed by atoms with Gasteiger partial charge >= 0.3 is 0 Å². The van der Waals surface area contributed by atoms with Gasteiger partial charge in [-0.15, -0.1) is 12.4 Å². The molecule has 9 heteroatoms. The second kappa shape index (κ2) is 9.32. The lowest BCUT2D eigenvalue weighted by molar-refractivity contribution is -0.126.